The van der Waals surface area contributed by atoms with Gasteiger partial charge in [0.25, 0.3) is 5.91 Å². The summed E-state index contributed by atoms with van der Waals surface area (Å²) in [4.78, 5) is 20.2. The minimum atomic E-state index is -0.445. The van der Waals surface area contributed by atoms with Gasteiger partial charge in [-0.2, -0.15) is 5.26 Å². The third kappa shape index (κ3) is 4.24. The van der Waals surface area contributed by atoms with Crippen molar-refractivity contribution >= 4 is 28.1 Å². The van der Waals surface area contributed by atoms with Crippen molar-refractivity contribution in [2.45, 2.75) is 19.9 Å². The maximum atomic E-state index is 12.2. The van der Waals surface area contributed by atoms with Gasteiger partial charge >= 0.3 is 0 Å². The Hall–Kier alpha value is -2.69. The predicted molar refractivity (Wildman–Crippen MR) is 99.3 cm³/mol. The van der Waals surface area contributed by atoms with E-state index >= 15 is 0 Å². The predicted octanol–water partition coefficient (Wildman–Crippen LogP) is 2.90. The molecule has 2 N–H and O–H groups in total. The van der Waals surface area contributed by atoms with Crippen molar-refractivity contribution in [2.75, 3.05) is 24.2 Å². The minimum Gasteiger partial charge on any atom is -0.337 e. The Balaban J connectivity index is 1.67. The number of aryl methyl sites for hydroxylation is 1. The van der Waals surface area contributed by atoms with Crippen LogP contribution in [0.15, 0.2) is 36.0 Å². The lowest BCUT2D eigenvalue weighted by molar-refractivity contribution is -0.112. The number of nitrogens with zero attached hydrogens (tertiary/aromatic N) is 3. The van der Waals surface area contributed by atoms with Gasteiger partial charge in [0.1, 0.15) is 11.6 Å². The number of nitrogens with one attached hydrogen (secondary N) is 2. The monoisotopic (exact) mass is 353 g/mol. The fourth-order valence-electron chi connectivity index (χ4n) is 2.50. The van der Waals surface area contributed by atoms with Gasteiger partial charge in [-0.3, -0.25) is 4.79 Å². The molecule has 0 aliphatic carbocycles. The maximum Gasteiger partial charge on any atom is 0.267 e. The van der Waals surface area contributed by atoms with E-state index < -0.39 is 5.91 Å². The molecule has 0 fully saturated rings. The molecule has 0 saturated carbocycles. The molecule has 128 valence electrons. The molecule has 25 heavy (non-hydrogen) atoms. The molecule has 0 unspecified atom stereocenters. The maximum absolute atomic E-state index is 12.2. The van der Waals surface area contributed by atoms with Crippen LogP contribution in [0.5, 0.6) is 0 Å². The first kappa shape index (κ1) is 17.1. The highest BCUT2D eigenvalue weighted by atomic mass is 32.1. The molecule has 0 bridgehead atoms. The molecule has 1 aliphatic rings. The van der Waals surface area contributed by atoms with Crippen molar-refractivity contribution in [2.24, 2.45) is 0 Å². The Morgan fingerprint density at radius 3 is 2.88 bits per heavy atom. The summed E-state index contributed by atoms with van der Waals surface area (Å²) in [6.07, 6.45) is 2.34. The first-order chi connectivity index (χ1) is 12.0. The van der Waals surface area contributed by atoms with E-state index in [0.717, 1.165) is 30.8 Å². The lowest BCUT2D eigenvalue weighted by Crippen LogP contribution is -2.25. The zero-order chi connectivity index (χ0) is 17.8. The summed E-state index contributed by atoms with van der Waals surface area (Å²) in [5.41, 5.74) is 2.87. The Labute approximate surface area is 150 Å². The highest BCUT2D eigenvalue weighted by Crippen LogP contribution is 2.27. The number of carbonyl (C=O) groups is 1. The molecule has 7 heteroatoms. The van der Waals surface area contributed by atoms with E-state index in [0.29, 0.717) is 10.8 Å². The zero-order valence-corrected chi connectivity index (χ0v) is 15.0. The van der Waals surface area contributed by atoms with E-state index in [-0.39, 0.29) is 5.57 Å². The molecule has 3 rings (SSSR count). The van der Waals surface area contributed by atoms with Crippen molar-refractivity contribution in [3.63, 3.8) is 0 Å². The van der Waals surface area contributed by atoms with Crippen LogP contribution < -0.4 is 10.6 Å². The van der Waals surface area contributed by atoms with Gasteiger partial charge in [0.2, 0.25) is 0 Å². The number of rotatable bonds is 4. The number of likely N-dealkylation sites (N-methyl/N-ethyl adjacent to an activating group) is 1. The quantitative estimate of drug-likeness (QED) is 0.652. The van der Waals surface area contributed by atoms with E-state index in [1.54, 1.807) is 23.5 Å². The molecule has 1 amide bonds. The van der Waals surface area contributed by atoms with Gasteiger partial charge in [0, 0.05) is 36.3 Å². The van der Waals surface area contributed by atoms with E-state index in [9.17, 15) is 10.1 Å². The lowest BCUT2D eigenvalue weighted by Gasteiger charge is -2.20. The zero-order valence-electron chi connectivity index (χ0n) is 14.2. The van der Waals surface area contributed by atoms with Gasteiger partial charge in [-0.15, -0.1) is 11.3 Å². The second-order valence-electron chi connectivity index (χ2n) is 6.01. The van der Waals surface area contributed by atoms with Crippen molar-refractivity contribution in [3.8, 4) is 6.07 Å². The molecule has 0 spiro atoms. The number of nitriles is 1. The molecule has 0 saturated heterocycles. The summed E-state index contributed by atoms with van der Waals surface area (Å²) >= 11 is 1.56. The summed E-state index contributed by atoms with van der Waals surface area (Å²) in [6.45, 7) is 3.85. The van der Waals surface area contributed by atoms with Crippen LogP contribution in [0.3, 0.4) is 0 Å². The van der Waals surface area contributed by atoms with Crippen molar-refractivity contribution in [1.29, 1.82) is 5.26 Å². The number of fused-ring (bicyclic) bond motifs is 1. The van der Waals surface area contributed by atoms with Gasteiger partial charge in [0.05, 0.1) is 5.69 Å². The minimum absolute atomic E-state index is 0.00543. The summed E-state index contributed by atoms with van der Waals surface area (Å²) in [5, 5.41) is 15.7. The molecule has 1 aliphatic heterocycles. The average molecular weight is 353 g/mol. The highest BCUT2D eigenvalue weighted by Gasteiger charge is 2.18. The van der Waals surface area contributed by atoms with Crippen molar-refractivity contribution in [1.82, 2.24) is 9.88 Å². The number of anilines is 2. The van der Waals surface area contributed by atoms with Crippen LogP contribution >= 0.6 is 11.3 Å². The SMILES string of the molecule is Cc1ccc(NC(=O)/C(C#N)=C\Nc2nc3c(s2)CN(C)CC3)cc1. The molecule has 1 aromatic heterocycles. The van der Waals surface area contributed by atoms with Crippen LogP contribution in [-0.4, -0.2) is 29.4 Å². The summed E-state index contributed by atoms with van der Waals surface area (Å²) in [5.74, 6) is -0.445. The number of aromatic nitrogens is 1. The number of hydrogen-bond acceptors (Lipinski definition) is 6. The fourth-order valence-corrected chi connectivity index (χ4v) is 3.56. The van der Waals surface area contributed by atoms with Gasteiger partial charge in [-0.25, -0.2) is 4.98 Å². The van der Waals surface area contributed by atoms with Gasteiger partial charge < -0.3 is 15.5 Å². The van der Waals surface area contributed by atoms with Crippen molar-refractivity contribution < 1.29 is 4.79 Å². The Morgan fingerprint density at radius 1 is 1.40 bits per heavy atom. The highest BCUT2D eigenvalue weighted by molar-refractivity contribution is 7.15. The normalized spacial score (nSPS) is 14.5. The van der Waals surface area contributed by atoms with Crippen LogP contribution in [0.2, 0.25) is 0 Å². The van der Waals surface area contributed by atoms with Crippen LogP contribution in [0, 0.1) is 18.3 Å². The first-order valence-corrected chi connectivity index (χ1v) is 8.79. The Bertz CT molecular complexity index is 847. The topological polar surface area (TPSA) is 81.0 Å². The first-order valence-electron chi connectivity index (χ1n) is 7.97. The van der Waals surface area contributed by atoms with Crippen LogP contribution in [0.1, 0.15) is 16.1 Å². The van der Waals surface area contributed by atoms with E-state index in [1.165, 1.54) is 11.1 Å². The second-order valence-corrected chi connectivity index (χ2v) is 7.09. The third-order valence-electron chi connectivity index (χ3n) is 3.94. The molecule has 2 aromatic rings. The third-order valence-corrected chi connectivity index (χ3v) is 4.95. The number of carbonyl (C=O) groups excluding carboxylic acids is 1. The molecular weight excluding hydrogens is 334 g/mol. The van der Waals surface area contributed by atoms with E-state index in [4.69, 9.17) is 0 Å². The largest absolute Gasteiger partial charge is 0.337 e. The summed E-state index contributed by atoms with van der Waals surface area (Å²) in [7, 11) is 2.08. The molecular formula is C18H19N5OS. The standard InChI is InChI=1S/C18H19N5OS/c1-12-3-5-14(6-4-12)21-17(24)13(9-19)10-20-18-22-15-7-8-23(2)11-16(15)25-18/h3-6,10H,7-8,11H2,1-2H3,(H,20,22)(H,21,24)/b13-10-. The van der Waals surface area contributed by atoms with Crippen LogP contribution in [-0.2, 0) is 17.8 Å². The number of benzene rings is 1. The van der Waals surface area contributed by atoms with Gasteiger partial charge in [-0.1, -0.05) is 17.7 Å². The molecule has 6 nitrogen and oxygen atoms in total. The molecule has 1 aromatic carbocycles. The van der Waals surface area contributed by atoms with Gasteiger partial charge in [0.15, 0.2) is 5.13 Å². The molecule has 0 atom stereocenters. The van der Waals surface area contributed by atoms with E-state index in [2.05, 4.69) is 27.6 Å². The number of hydrogen-bond donors (Lipinski definition) is 2. The summed E-state index contributed by atoms with van der Waals surface area (Å²) in [6, 6.07) is 9.35. The van der Waals surface area contributed by atoms with E-state index in [1.807, 2.05) is 25.1 Å². The van der Waals surface area contributed by atoms with Gasteiger partial charge in [-0.05, 0) is 26.1 Å². The molecule has 2 heterocycles. The fraction of sp³-hybridized carbons (Fsp3) is 0.278. The molecule has 0 radical (unpaired) electrons. The van der Waals surface area contributed by atoms with Crippen LogP contribution in [0.25, 0.3) is 0 Å². The average Bonchev–Trinajstić information content (AvgIpc) is 2.99. The number of amides is 1. The van der Waals surface area contributed by atoms with Crippen molar-refractivity contribution in [3.05, 3.63) is 52.2 Å². The number of thiazole rings is 1. The smallest absolute Gasteiger partial charge is 0.267 e. The lowest BCUT2D eigenvalue weighted by atomic mass is 10.2. The van der Waals surface area contributed by atoms with Crippen LogP contribution in [0.4, 0.5) is 10.8 Å². The second kappa shape index (κ2) is 7.47. The Morgan fingerprint density at radius 2 is 2.16 bits per heavy atom. The summed E-state index contributed by atoms with van der Waals surface area (Å²) < 4.78 is 0. The Kier molecular flexibility index (Phi) is 5.12.